The quantitative estimate of drug-likeness (QED) is 0.475. The molecule has 0 aromatic heterocycles. The lowest BCUT2D eigenvalue weighted by Crippen LogP contribution is -2.42. The third kappa shape index (κ3) is 7.06. The fourth-order valence-electron chi connectivity index (χ4n) is 4.88. The maximum absolute atomic E-state index is 13.5. The van der Waals surface area contributed by atoms with Crippen LogP contribution in [0.5, 0.6) is 0 Å². The Labute approximate surface area is 202 Å². The Morgan fingerprint density at radius 3 is 1.32 bits per heavy atom. The normalized spacial score (nSPS) is 19.4. The molecule has 0 saturated carbocycles. The topological polar surface area (TPSA) is 59.1 Å². The number of ketones is 2. The van der Waals surface area contributed by atoms with E-state index < -0.39 is 0 Å². The minimum Gasteiger partial charge on any atom is -0.379 e. The van der Waals surface area contributed by atoms with Gasteiger partial charge >= 0.3 is 0 Å². The van der Waals surface area contributed by atoms with Gasteiger partial charge in [-0.1, -0.05) is 60.7 Å². The van der Waals surface area contributed by atoms with Gasteiger partial charge in [-0.25, -0.2) is 0 Å². The van der Waals surface area contributed by atoms with Gasteiger partial charge in [-0.05, 0) is 12.8 Å². The Hall–Kier alpha value is -2.38. The largest absolute Gasteiger partial charge is 0.379 e. The first-order valence-corrected chi connectivity index (χ1v) is 12.5. The van der Waals surface area contributed by atoms with E-state index >= 15 is 0 Å². The number of morpholine rings is 2. The van der Waals surface area contributed by atoms with E-state index in [-0.39, 0.29) is 23.4 Å². The lowest BCUT2D eigenvalue weighted by molar-refractivity contribution is 0.0254. The van der Waals surface area contributed by atoms with E-state index in [0.717, 1.165) is 37.3 Å². The van der Waals surface area contributed by atoms with Crippen LogP contribution in [0.15, 0.2) is 60.7 Å². The van der Waals surface area contributed by atoms with Crippen LogP contribution in [-0.4, -0.2) is 87.1 Å². The monoisotopic (exact) mass is 464 g/mol. The van der Waals surface area contributed by atoms with E-state index in [1.165, 1.54) is 0 Å². The molecule has 182 valence electrons. The van der Waals surface area contributed by atoms with Crippen LogP contribution in [0, 0.1) is 11.8 Å². The van der Waals surface area contributed by atoms with Crippen molar-refractivity contribution in [1.82, 2.24) is 9.80 Å². The molecule has 6 heteroatoms. The smallest absolute Gasteiger partial charge is 0.167 e. The van der Waals surface area contributed by atoms with E-state index in [2.05, 4.69) is 9.80 Å². The van der Waals surface area contributed by atoms with Crippen molar-refractivity contribution in [2.75, 3.05) is 65.7 Å². The zero-order valence-electron chi connectivity index (χ0n) is 19.9. The molecule has 0 spiro atoms. The number of hydrogen-bond acceptors (Lipinski definition) is 6. The van der Waals surface area contributed by atoms with Crippen LogP contribution in [-0.2, 0) is 9.47 Å². The second-order valence-electron chi connectivity index (χ2n) is 9.26. The molecular formula is C28H36N2O4. The molecule has 2 aliphatic rings. The van der Waals surface area contributed by atoms with Gasteiger partial charge in [-0.15, -0.1) is 0 Å². The van der Waals surface area contributed by atoms with Crippen LogP contribution < -0.4 is 0 Å². The summed E-state index contributed by atoms with van der Waals surface area (Å²) < 4.78 is 11.0. The average molecular weight is 465 g/mol. The summed E-state index contributed by atoms with van der Waals surface area (Å²) in [5.74, 6) is 0.0567. The van der Waals surface area contributed by atoms with Gasteiger partial charge in [0, 0.05) is 62.2 Å². The van der Waals surface area contributed by atoms with Crippen LogP contribution in [0.1, 0.15) is 33.6 Å². The van der Waals surface area contributed by atoms with Crippen LogP contribution in [0.4, 0.5) is 0 Å². The second kappa shape index (κ2) is 12.9. The fourth-order valence-corrected chi connectivity index (χ4v) is 4.88. The van der Waals surface area contributed by atoms with Crippen molar-refractivity contribution >= 4 is 11.6 Å². The summed E-state index contributed by atoms with van der Waals surface area (Å²) in [6.07, 6.45) is 1.39. The van der Waals surface area contributed by atoms with Gasteiger partial charge in [0.1, 0.15) is 0 Å². The molecule has 34 heavy (non-hydrogen) atoms. The predicted molar refractivity (Wildman–Crippen MR) is 132 cm³/mol. The number of Topliss-reactive ketones (excluding diaryl/α,β-unsaturated/α-hetero) is 2. The first kappa shape index (κ1) is 24.7. The zero-order chi connectivity index (χ0) is 23.6. The molecule has 0 radical (unpaired) electrons. The summed E-state index contributed by atoms with van der Waals surface area (Å²) in [6, 6.07) is 19.1. The molecule has 2 heterocycles. The molecule has 2 aromatic rings. The van der Waals surface area contributed by atoms with E-state index in [0.29, 0.717) is 52.4 Å². The third-order valence-corrected chi connectivity index (χ3v) is 6.89. The molecule has 2 aromatic carbocycles. The van der Waals surface area contributed by atoms with Crippen molar-refractivity contribution in [3.63, 3.8) is 0 Å². The van der Waals surface area contributed by atoms with E-state index in [1.807, 2.05) is 60.7 Å². The lowest BCUT2D eigenvalue weighted by atomic mass is 9.86. The summed E-state index contributed by atoms with van der Waals surface area (Å²) >= 11 is 0. The molecule has 2 saturated heterocycles. The highest BCUT2D eigenvalue weighted by Crippen LogP contribution is 2.23. The molecule has 0 aliphatic carbocycles. The molecule has 2 aliphatic heterocycles. The SMILES string of the molecule is O=C(c1ccccc1)[C@H](CC[C@@H](CN1CCOCC1)C(=O)c1ccccc1)CN1CCOCC1. The number of carbonyl (C=O) groups is 2. The second-order valence-corrected chi connectivity index (χ2v) is 9.26. The molecule has 0 amide bonds. The Kier molecular flexibility index (Phi) is 9.39. The standard InChI is InChI=1S/C28H36N2O4/c31-27(23-7-3-1-4-8-23)25(21-29-13-17-33-18-14-29)11-12-26(22-30-15-19-34-20-16-30)28(32)24-9-5-2-6-10-24/h1-10,25-26H,11-22H2/t25-,26+. The van der Waals surface area contributed by atoms with Gasteiger partial charge < -0.3 is 9.47 Å². The highest BCUT2D eigenvalue weighted by Gasteiger charge is 2.29. The fraction of sp³-hybridized carbons (Fsp3) is 0.500. The van der Waals surface area contributed by atoms with Gasteiger partial charge in [0.25, 0.3) is 0 Å². The van der Waals surface area contributed by atoms with Crippen molar-refractivity contribution in [3.8, 4) is 0 Å². The van der Waals surface area contributed by atoms with Crippen molar-refractivity contribution < 1.29 is 19.1 Å². The summed E-state index contributed by atoms with van der Waals surface area (Å²) in [5.41, 5.74) is 1.50. The first-order chi connectivity index (χ1) is 16.7. The summed E-state index contributed by atoms with van der Waals surface area (Å²) in [6.45, 7) is 7.63. The van der Waals surface area contributed by atoms with Gasteiger partial charge in [0.05, 0.1) is 26.4 Å². The van der Waals surface area contributed by atoms with Crippen molar-refractivity contribution in [2.45, 2.75) is 12.8 Å². The van der Waals surface area contributed by atoms with Crippen LogP contribution in [0.25, 0.3) is 0 Å². The Morgan fingerprint density at radius 1 is 0.618 bits per heavy atom. The van der Waals surface area contributed by atoms with Crippen molar-refractivity contribution in [2.24, 2.45) is 11.8 Å². The van der Waals surface area contributed by atoms with Crippen LogP contribution in [0.3, 0.4) is 0 Å². The molecule has 0 N–H and O–H groups in total. The van der Waals surface area contributed by atoms with Gasteiger partial charge in [-0.3, -0.25) is 19.4 Å². The average Bonchev–Trinajstić information content (AvgIpc) is 2.91. The number of carbonyl (C=O) groups excluding carboxylic acids is 2. The molecule has 2 fully saturated rings. The number of rotatable bonds is 11. The highest BCUT2D eigenvalue weighted by molar-refractivity contribution is 5.99. The van der Waals surface area contributed by atoms with Crippen molar-refractivity contribution in [3.05, 3.63) is 71.8 Å². The molecule has 0 unspecified atom stereocenters. The van der Waals surface area contributed by atoms with Gasteiger partial charge in [-0.2, -0.15) is 0 Å². The number of benzene rings is 2. The Balaban J connectivity index is 1.49. The molecular weight excluding hydrogens is 428 g/mol. The molecule has 6 nitrogen and oxygen atoms in total. The van der Waals surface area contributed by atoms with Crippen LogP contribution in [0.2, 0.25) is 0 Å². The Bertz CT molecular complexity index is 818. The maximum atomic E-state index is 13.5. The number of ether oxygens (including phenoxy) is 2. The molecule has 2 atom stereocenters. The van der Waals surface area contributed by atoms with E-state index in [9.17, 15) is 9.59 Å². The van der Waals surface area contributed by atoms with E-state index in [4.69, 9.17) is 9.47 Å². The number of hydrogen-bond donors (Lipinski definition) is 0. The highest BCUT2D eigenvalue weighted by atomic mass is 16.5. The Morgan fingerprint density at radius 2 is 0.971 bits per heavy atom. The predicted octanol–water partition coefficient (Wildman–Crippen LogP) is 3.43. The van der Waals surface area contributed by atoms with Gasteiger partial charge in [0.2, 0.25) is 0 Å². The minimum atomic E-state index is -0.142. The molecule has 4 rings (SSSR count). The van der Waals surface area contributed by atoms with Crippen LogP contribution >= 0.6 is 0 Å². The zero-order valence-corrected chi connectivity index (χ0v) is 19.9. The summed E-state index contributed by atoms with van der Waals surface area (Å²) in [5, 5.41) is 0. The summed E-state index contributed by atoms with van der Waals surface area (Å²) in [7, 11) is 0. The molecule has 0 bridgehead atoms. The first-order valence-electron chi connectivity index (χ1n) is 12.5. The lowest BCUT2D eigenvalue weighted by Gasteiger charge is -2.32. The summed E-state index contributed by atoms with van der Waals surface area (Å²) in [4.78, 5) is 31.6. The minimum absolute atomic E-state index is 0.142. The number of nitrogens with zero attached hydrogens (tertiary/aromatic N) is 2. The van der Waals surface area contributed by atoms with E-state index in [1.54, 1.807) is 0 Å². The van der Waals surface area contributed by atoms with Gasteiger partial charge in [0.15, 0.2) is 11.6 Å². The maximum Gasteiger partial charge on any atom is 0.167 e. The third-order valence-electron chi connectivity index (χ3n) is 6.89. The van der Waals surface area contributed by atoms with Crippen molar-refractivity contribution in [1.29, 1.82) is 0 Å².